The van der Waals surface area contributed by atoms with Gasteiger partial charge < -0.3 is 0 Å². The quantitative estimate of drug-likeness (QED) is 0.719. The summed E-state index contributed by atoms with van der Waals surface area (Å²) >= 11 is 0. The molecule has 0 saturated heterocycles. The van der Waals surface area contributed by atoms with Gasteiger partial charge in [-0.1, -0.05) is 36.4 Å². The minimum absolute atomic E-state index is 0.967. The van der Waals surface area contributed by atoms with E-state index in [0.29, 0.717) is 0 Å². The van der Waals surface area contributed by atoms with Crippen LogP contribution in [0.4, 0.5) is 0 Å². The molecular formula is C15H14N2. The second-order valence-corrected chi connectivity index (χ2v) is 4.14. The lowest BCUT2D eigenvalue weighted by atomic mass is 10.3. The van der Waals surface area contributed by atoms with Gasteiger partial charge in [-0.3, -0.25) is 4.57 Å². The average molecular weight is 222 g/mol. The van der Waals surface area contributed by atoms with E-state index in [1.165, 1.54) is 11.2 Å². The Morgan fingerprint density at radius 3 is 3.00 bits per heavy atom. The molecule has 17 heavy (non-hydrogen) atoms. The molecule has 1 aliphatic rings. The molecule has 1 aromatic carbocycles. The molecule has 0 N–H and O–H groups in total. The Kier molecular flexibility index (Phi) is 2.41. The molecule has 1 aromatic heterocycles. The molecule has 84 valence electrons. The Labute approximate surface area is 101 Å². The van der Waals surface area contributed by atoms with E-state index in [2.05, 4.69) is 58.1 Å². The molecule has 0 fully saturated rings. The number of nitrogens with zero attached hydrogens (tertiary/aromatic N) is 2. The van der Waals surface area contributed by atoms with Crippen molar-refractivity contribution in [3.8, 4) is 0 Å². The summed E-state index contributed by atoms with van der Waals surface area (Å²) < 4.78 is 2.21. The van der Waals surface area contributed by atoms with Gasteiger partial charge in [0.05, 0.1) is 11.0 Å². The summed E-state index contributed by atoms with van der Waals surface area (Å²) in [6, 6.07) is 8.25. The number of aryl methyl sites for hydroxylation is 1. The molecule has 0 radical (unpaired) electrons. The predicted molar refractivity (Wildman–Crippen MR) is 71.6 cm³/mol. The van der Waals surface area contributed by atoms with Crippen molar-refractivity contribution in [3.63, 3.8) is 0 Å². The van der Waals surface area contributed by atoms with Crippen molar-refractivity contribution in [1.82, 2.24) is 9.55 Å². The summed E-state index contributed by atoms with van der Waals surface area (Å²) in [4.78, 5) is 4.59. The van der Waals surface area contributed by atoms with Crippen molar-refractivity contribution in [1.29, 1.82) is 0 Å². The van der Waals surface area contributed by atoms with E-state index in [0.717, 1.165) is 17.8 Å². The van der Waals surface area contributed by atoms with Gasteiger partial charge in [0.2, 0.25) is 0 Å². The van der Waals surface area contributed by atoms with Crippen molar-refractivity contribution < 1.29 is 0 Å². The van der Waals surface area contributed by atoms with Crippen LogP contribution in [0.25, 0.3) is 16.7 Å². The molecule has 2 heteroatoms. The first-order valence-electron chi connectivity index (χ1n) is 5.84. The second kappa shape index (κ2) is 4.06. The molecule has 0 aliphatic heterocycles. The van der Waals surface area contributed by atoms with Crippen LogP contribution in [0.15, 0.2) is 54.6 Å². The topological polar surface area (TPSA) is 17.8 Å². The van der Waals surface area contributed by atoms with E-state index >= 15 is 0 Å². The van der Waals surface area contributed by atoms with Gasteiger partial charge in [0.25, 0.3) is 0 Å². The van der Waals surface area contributed by atoms with Crippen LogP contribution in [-0.2, 0) is 0 Å². The van der Waals surface area contributed by atoms with Crippen molar-refractivity contribution in [3.05, 3.63) is 60.5 Å². The van der Waals surface area contributed by atoms with E-state index in [1.807, 2.05) is 13.0 Å². The molecule has 1 aliphatic carbocycles. The van der Waals surface area contributed by atoms with Crippen LogP contribution in [0.3, 0.4) is 0 Å². The van der Waals surface area contributed by atoms with E-state index < -0.39 is 0 Å². The summed E-state index contributed by atoms with van der Waals surface area (Å²) in [7, 11) is 0. The monoisotopic (exact) mass is 222 g/mol. The molecule has 1 heterocycles. The molecule has 2 nitrogen and oxygen atoms in total. The smallest absolute Gasteiger partial charge is 0.111 e. The number of fused-ring (bicyclic) bond motifs is 1. The lowest BCUT2D eigenvalue weighted by Crippen LogP contribution is -1.97. The maximum Gasteiger partial charge on any atom is 0.111 e. The number of rotatable bonds is 1. The highest BCUT2D eigenvalue weighted by Gasteiger charge is 2.08. The third kappa shape index (κ3) is 1.72. The molecule has 0 unspecified atom stereocenters. The third-order valence-electron chi connectivity index (χ3n) is 2.96. The Morgan fingerprint density at radius 1 is 1.18 bits per heavy atom. The Bertz CT molecular complexity index is 642. The fourth-order valence-corrected chi connectivity index (χ4v) is 2.21. The molecule has 0 bridgehead atoms. The molecule has 0 saturated carbocycles. The van der Waals surface area contributed by atoms with Gasteiger partial charge in [0, 0.05) is 5.70 Å². The normalized spacial score (nSPS) is 15.0. The van der Waals surface area contributed by atoms with E-state index in [9.17, 15) is 0 Å². The maximum absolute atomic E-state index is 4.59. The number of para-hydroxylation sites is 2. The van der Waals surface area contributed by atoms with Crippen LogP contribution in [-0.4, -0.2) is 9.55 Å². The fourth-order valence-electron chi connectivity index (χ4n) is 2.21. The molecule has 3 rings (SSSR count). The number of hydrogen-bond donors (Lipinski definition) is 0. The minimum Gasteiger partial charge on any atom is -0.297 e. The molecule has 0 atom stereocenters. The summed E-state index contributed by atoms with van der Waals surface area (Å²) in [5.41, 5.74) is 3.42. The Balaban J connectivity index is 2.23. The highest BCUT2D eigenvalue weighted by atomic mass is 15.1. The largest absolute Gasteiger partial charge is 0.297 e. The van der Waals surface area contributed by atoms with Crippen LogP contribution in [0.5, 0.6) is 0 Å². The maximum atomic E-state index is 4.59. The fraction of sp³-hybridized carbons (Fsp3) is 0.133. The number of hydrogen-bond acceptors (Lipinski definition) is 1. The number of benzene rings is 1. The number of aromatic nitrogens is 2. The van der Waals surface area contributed by atoms with Crippen LogP contribution in [0.1, 0.15) is 12.2 Å². The first-order valence-corrected chi connectivity index (χ1v) is 5.84. The van der Waals surface area contributed by atoms with E-state index in [4.69, 9.17) is 0 Å². The zero-order valence-corrected chi connectivity index (χ0v) is 9.80. The van der Waals surface area contributed by atoms with Gasteiger partial charge in [-0.25, -0.2) is 4.98 Å². The lowest BCUT2D eigenvalue weighted by molar-refractivity contribution is 1.03. The number of allylic oxidation sites excluding steroid dienone is 6. The van der Waals surface area contributed by atoms with Gasteiger partial charge in [0.15, 0.2) is 0 Å². The molecule has 2 aromatic rings. The summed E-state index contributed by atoms with van der Waals surface area (Å²) in [5.74, 6) is 1.03. The molecule has 0 amide bonds. The van der Waals surface area contributed by atoms with Crippen LogP contribution in [0.2, 0.25) is 0 Å². The third-order valence-corrected chi connectivity index (χ3v) is 2.96. The van der Waals surface area contributed by atoms with Crippen LogP contribution in [0, 0.1) is 6.92 Å². The summed E-state index contributed by atoms with van der Waals surface area (Å²) in [5, 5.41) is 0. The zero-order valence-electron chi connectivity index (χ0n) is 9.80. The van der Waals surface area contributed by atoms with Gasteiger partial charge >= 0.3 is 0 Å². The van der Waals surface area contributed by atoms with Gasteiger partial charge in [-0.05, 0) is 31.6 Å². The predicted octanol–water partition coefficient (Wildman–Crippen LogP) is 3.70. The van der Waals surface area contributed by atoms with Crippen LogP contribution < -0.4 is 0 Å². The molecular weight excluding hydrogens is 208 g/mol. The zero-order chi connectivity index (χ0) is 11.7. The highest BCUT2D eigenvalue weighted by molar-refractivity contribution is 5.81. The standard InChI is InChI=1S/C15H14N2/c1-12-16-14-10-6-7-11-15(14)17(12)13-8-4-2-3-5-9-13/h2-4,6-11H,5H2,1H3. The van der Waals surface area contributed by atoms with Crippen molar-refractivity contribution in [2.75, 3.05) is 0 Å². The van der Waals surface area contributed by atoms with Gasteiger partial charge in [-0.2, -0.15) is 0 Å². The average Bonchev–Trinajstić information content (AvgIpc) is 2.53. The van der Waals surface area contributed by atoms with Gasteiger partial charge in [-0.15, -0.1) is 0 Å². The van der Waals surface area contributed by atoms with E-state index in [-0.39, 0.29) is 0 Å². The minimum atomic E-state index is 0.967. The number of imidazole rings is 1. The Morgan fingerprint density at radius 2 is 2.06 bits per heavy atom. The van der Waals surface area contributed by atoms with Gasteiger partial charge in [0.1, 0.15) is 5.82 Å². The second-order valence-electron chi connectivity index (χ2n) is 4.14. The SMILES string of the molecule is Cc1nc2ccccc2n1C1=CCC=CC=C1. The van der Waals surface area contributed by atoms with Crippen molar-refractivity contribution in [2.45, 2.75) is 13.3 Å². The van der Waals surface area contributed by atoms with Crippen molar-refractivity contribution in [2.24, 2.45) is 0 Å². The molecule has 0 spiro atoms. The Hall–Kier alpha value is -2.09. The van der Waals surface area contributed by atoms with Crippen molar-refractivity contribution >= 4 is 16.7 Å². The lowest BCUT2D eigenvalue weighted by Gasteiger charge is -2.07. The summed E-state index contributed by atoms with van der Waals surface area (Å²) in [6.07, 6.45) is 11.6. The highest BCUT2D eigenvalue weighted by Crippen LogP contribution is 2.22. The van der Waals surface area contributed by atoms with Crippen LogP contribution >= 0.6 is 0 Å². The van der Waals surface area contributed by atoms with E-state index in [1.54, 1.807) is 0 Å². The summed E-state index contributed by atoms with van der Waals surface area (Å²) in [6.45, 7) is 2.05. The first kappa shape index (κ1) is 10.1. The first-order chi connectivity index (χ1) is 8.36.